The molecule has 0 spiro atoms. The van der Waals surface area contributed by atoms with Gasteiger partial charge in [-0.2, -0.15) is 0 Å². The van der Waals surface area contributed by atoms with Crippen molar-refractivity contribution in [2.24, 2.45) is 0 Å². The number of anilines is 3. The average molecular weight is 407 g/mol. The zero-order valence-electron chi connectivity index (χ0n) is 11.3. The van der Waals surface area contributed by atoms with Gasteiger partial charge >= 0.3 is 0 Å². The number of pyridine rings is 1. The number of nitrogens with one attached hydrogen (secondary N) is 1. The molecule has 1 aromatic heterocycles. The number of aryl methyl sites for hydroxylation is 1. The van der Waals surface area contributed by atoms with Crippen LogP contribution < -0.4 is 11.1 Å². The lowest BCUT2D eigenvalue weighted by Crippen LogP contribution is -2.00. The van der Waals surface area contributed by atoms with E-state index in [2.05, 4.69) is 55.2 Å². The van der Waals surface area contributed by atoms with Crippen LogP contribution in [-0.2, 0) is 0 Å². The van der Waals surface area contributed by atoms with Gasteiger partial charge in [0.2, 0.25) is 0 Å². The molecule has 0 aliphatic rings. The van der Waals surface area contributed by atoms with Crippen LogP contribution in [0.3, 0.4) is 0 Å². The Kier molecular flexibility index (Phi) is 3.87. The molecule has 3 aromatic rings. The van der Waals surface area contributed by atoms with Crippen molar-refractivity contribution in [2.75, 3.05) is 11.1 Å². The molecule has 1 heterocycles. The number of nitrogens with zero attached hydrogens (tertiary/aromatic N) is 1. The first-order chi connectivity index (χ1) is 10.0. The maximum Gasteiger partial charge on any atom is 0.0746 e. The molecule has 0 atom stereocenters. The summed E-state index contributed by atoms with van der Waals surface area (Å²) in [7, 11) is 0. The van der Waals surface area contributed by atoms with Gasteiger partial charge in [-0.3, -0.25) is 4.98 Å². The smallest absolute Gasteiger partial charge is 0.0746 e. The minimum Gasteiger partial charge on any atom is -0.396 e. The van der Waals surface area contributed by atoms with E-state index < -0.39 is 0 Å². The second kappa shape index (κ2) is 5.66. The molecular formula is C16H13Br2N3. The summed E-state index contributed by atoms with van der Waals surface area (Å²) in [5, 5.41) is 4.43. The first-order valence-electron chi connectivity index (χ1n) is 6.41. The summed E-state index contributed by atoms with van der Waals surface area (Å²) in [6.07, 6.45) is 1.69. The molecule has 0 aliphatic heterocycles. The van der Waals surface area contributed by atoms with Crippen molar-refractivity contribution < 1.29 is 0 Å². The van der Waals surface area contributed by atoms with E-state index in [1.807, 2.05) is 30.3 Å². The lowest BCUT2D eigenvalue weighted by atomic mass is 10.1. The van der Waals surface area contributed by atoms with Gasteiger partial charge in [0.05, 0.1) is 23.1 Å². The molecule has 0 bridgehead atoms. The summed E-state index contributed by atoms with van der Waals surface area (Å²) in [4.78, 5) is 4.37. The van der Waals surface area contributed by atoms with Crippen molar-refractivity contribution in [2.45, 2.75) is 6.92 Å². The van der Waals surface area contributed by atoms with Crippen molar-refractivity contribution in [1.29, 1.82) is 0 Å². The number of nitrogen functional groups attached to an aromatic ring is 1. The Morgan fingerprint density at radius 1 is 1.05 bits per heavy atom. The van der Waals surface area contributed by atoms with Gasteiger partial charge in [0.25, 0.3) is 0 Å². The number of hydrogen-bond acceptors (Lipinski definition) is 3. The van der Waals surface area contributed by atoms with Crippen LogP contribution in [0.5, 0.6) is 0 Å². The van der Waals surface area contributed by atoms with Gasteiger partial charge in [-0.15, -0.1) is 0 Å². The highest BCUT2D eigenvalue weighted by atomic mass is 79.9. The summed E-state index contributed by atoms with van der Waals surface area (Å²) in [5.74, 6) is 0. The number of nitrogens with two attached hydrogens (primary N) is 1. The quantitative estimate of drug-likeness (QED) is 0.599. The molecule has 0 saturated heterocycles. The molecule has 0 fully saturated rings. The molecular weight excluding hydrogens is 394 g/mol. The standard InChI is InChI=1S/C16H13Br2N3/c1-9-2-3-11(18)7-15(9)21-16-12-6-10(17)4-5-14(12)20-8-13(16)19/h2-8H,19H2,1H3,(H,20,21). The van der Waals surface area contributed by atoms with E-state index >= 15 is 0 Å². The summed E-state index contributed by atoms with van der Waals surface area (Å²) >= 11 is 7.00. The number of hydrogen-bond donors (Lipinski definition) is 2. The maximum absolute atomic E-state index is 6.12. The lowest BCUT2D eigenvalue weighted by Gasteiger charge is -2.14. The monoisotopic (exact) mass is 405 g/mol. The lowest BCUT2D eigenvalue weighted by molar-refractivity contribution is 1.38. The van der Waals surface area contributed by atoms with E-state index in [4.69, 9.17) is 5.73 Å². The SMILES string of the molecule is Cc1ccc(Br)cc1Nc1c(N)cnc2ccc(Br)cc12. The van der Waals surface area contributed by atoms with E-state index in [9.17, 15) is 0 Å². The Labute approximate surface area is 139 Å². The first kappa shape index (κ1) is 14.4. The summed E-state index contributed by atoms with van der Waals surface area (Å²) in [5.41, 5.74) is 10.7. The van der Waals surface area contributed by atoms with Gasteiger partial charge in [-0.1, -0.05) is 37.9 Å². The molecule has 0 aliphatic carbocycles. The molecule has 21 heavy (non-hydrogen) atoms. The van der Waals surface area contributed by atoms with Crippen molar-refractivity contribution in [3.05, 3.63) is 57.1 Å². The van der Waals surface area contributed by atoms with Crippen LogP contribution in [0.4, 0.5) is 17.1 Å². The number of rotatable bonds is 2. The Hall–Kier alpha value is -1.59. The first-order valence-corrected chi connectivity index (χ1v) is 8.00. The third-order valence-corrected chi connectivity index (χ3v) is 4.31. The minimum absolute atomic E-state index is 0.625. The van der Waals surface area contributed by atoms with Gasteiger partial charge in [0, 0.05) is 20.0 Å². The highest BCUT2D eigenvalue weighted by Gasteiger charge is 2.09. The van der Waals surface area contributed by atoms with Crippen LogP contribution >= 0.6 is 31.9 Å². The number of aromatic nitrogens is 1. The second-order valence-corrected chi connectivity index (χ2v) is 6.67. The highest BCUT2D eigenvalue weighted by molar-refractivity contribution is 9.10. The third kappa shape index (κ3) is 2.89. The number of benzene rings is 2. The number of halogens is 2. The maximum atomic E-state index is 6.12. The van der Waals surface area contributed by atoms with Crippen LogP contribution in [0.2, 0.25) is 0 Å². The fourth-order valence-corrected chi connectivity index (χ4v) is 2.91. The van der Waals surface area contributed by atoms with E-state index in [-0.39, 0.29) is 0 Å². The fraction of sp³-hybridized carbons (Fsp3) is 0.0625. The molecule has 3 rings (SSSR count). The Morgan fingerprint density at radius 2 is 1.76 bits per heavy atom. The summed E-state index contributed by atoms with van der Waals surface area (Å²) < 4.78 is 2.02. The van der Waals surface area contributed by atoms with Crippen LogP contribution in [0.1, 0.15) is 5.56 Å². The third-order valence-electron chi connectivity index (χ3n) is 3.32. The topological polar surface area (TPSA) is 50.9 Å². The van der Waals surface area contributed by atoms with Crippen molar-refractivity contribution >= 4 is 59.8 Å². The fourth-order valence-electron chi connectivity index (χ4n) is 2.18. The molecule has 0 radical (unpaired) electrons. The van der Waals surface area contributed by atoms with E-state index in [0.29, 0.717) is 5.69 Å². The van der Waals surface area contributed by atoms with Crippen LogP contribution in [-0.4, -0.2) is 4.98 Å². The Balaban J connectivity index is 2.17. The predicted molar refractivity (Wildman–Crippen MR) is 96.0 cm³/mol. The van der Waals surface area contributed by atoms with E-state index in [1.165, 1.54) is 0 Å². The molecule has 2 aromatic carbocycles. The zero-order chi connectivity index (χ0) is 15.0. The van der Waals surface area contributed by atoms with Gasteiger partial charge in [-0.05, 0) is 42.8 Å². The van der Waals surface area contributed by atoms with Crippen molar-refractivity contribution in [3.8, 4) is 0 Å². The van der Waals surface area contributed by atoms with Gasteiger partial charge < -0.3 is 11.1 Å². The van der Waals surface area contributed by atoms with Crippen molar-refractivity contribution in [3.63, 3.8) is 0 Å². The van der Waals surface area contributed by atoms with Gasteiger partial charge in [-0.25, -0.2) is 0 Å². The Bertz CT molecular complexity index is 826. The molecule has 106 valence electrons. The zero-order valence-corrected chi connectivity index (χ0v) is 14.5. The minimum atomic E-state index is 0.625. The normalized spacial score (nSPS) is 10.8. The summed E-state index contributed by atoms with van der Waals surface area (Å²) in [6, 6.07) is 12.1. The van der Waals surface area contributed by atoms with Gasteiger partial charge in [0.1, 0.15) is 0 Å². The van der Waals surface area contributed by atoms with Crippen LogP contribution in [0.25, 0.3) is 10.9 Å². The molecule has 3 nitrogen and oxygen atoms in total. The molecule has 3 N–H and O–H groups in total. The average Bonchev–Trinajstić information content (AvgIpc) is 2.46. The van der Waals surface area contributed by atoms with Crippen LogP contribution in [0.15, 0.2) is 51.5 Å². The largest absolute Gasteiger partial charge is 0.396 e. The predicted octanol–water partition coefficient (Wildman–Crippen LogP) is 5.39. The molecule has 5 heteroatoms. The molecule has 0 unspecified atom stereocenters. The molecule has 0 saturated carbocycles. The van der Waals surface area contributed by atoms with Crippen LogP contribution in [0, 0.1) is 6.92 Å². The van der Waals surface area contributed by atoms with E-state index in [0.717, 1.165) is 36.8 Å². The highest BCUT2D eigenvalue weighted by Crippen LogP contribution is 2.34. The van der Waals surface area contributed by atoms with E-state index in [1.54, 1.807) is 6.20 Å². The molecule has 0 amide bonds. The number of fused-ring (bicyclic) bond motifs is 1. The van der Waals surface area contributed by atoms with Crippen molar-refractivity contribution in [1.82, 2.24) is 4.98 Å². The summed E-state index contributed by atoms with van der Waals surface area (Å²) in [6.45, 7) is 2.06. The van der Waals surface area contributed by atoms with Gasteiger partial charge in [0.15, 0.2) is 0 Å². The Morgan fingerprint density at radius 3 is 2.57 bits per heavy atom. The second-order valence-electron chi connectivity index (χ2n) is 4.83.